The predicted molar refractivity (Wildman–Crippen MR) is 103 cm³/mol. The number of nitrogens with zero attached hydrogens (tertiary/aromatic N) is 1. The van der Waals surface area contributed by atoms with Gasteiger partial charge >= 0.3 is 0 Å². The fourth-order valence-corrected chi connectivity index (χ4v) is 6.69. The molecule has 0 radical (unpaired) electrons. The summed E-state index contributed by atoms with van der Waals surface area (Å²) in [6.45, 7) is 4.50. The van der Waals surface area contributed by atoms with E-state index in [1.54, 1.807) is 7.11 Å². The van der Waals surface area contributed by atoms with Crippen LogP contribution in [0.1, 0.15) is 42.4 Å². The second-order valence-electron chi connectivity index (χ2n) is 9.43. The molecule has 1 aromatic carbocycles. The highest BCUT2D eigenvalue weighted by Gasteiger charge is 2.72. The van der Waals surface area contributed by atoms with Crippen LogP contribution >= 0.6 is 0 Å². The van der Waals surface area contributed by atoms with Gasteiger partial charge in [0.1, 0.15) is 0 Å². The third-order valence-electron chi connectivity index (χ3n) is 8.04. The fraction of sp³-hybridized carbons (Fsp3) is 0.682. The summed E-state index contributed by atoms with van der Waals surface area (Å²) < 4.78 is 12.0. The SMILES string of the molecule is COc1c(C)cc2c3c1O[C@H]1C(=O)NCC[C@@]4(O)[C@@H](C2)N(CC2CC2)CC[C@]314. The van der Waals surface area contributed by atoms with Crippen molar-refractivity contribution in [2.24, 2.45) is 5.92 Å². The Balaban J connectivity index is 1.60. The van der Waals surface area contributed by atoms with Crippen molar-refractivity contribution in [2.75, 3.05) is 26.7 Å². The molecule has 1 amide bonds. The molecule has 1 spiro atoms. The van der Waals surface area contributed by atoms with Crippen molar-refractivity contribution in [2.45, 2.75) is 62.2 Å². The molecule has 0 unspecified atom stereocenters. The zero-order valence-electron chi connectivity index (χ0n) is 16.6. The standard InChI is InChI=1S/C22H28N2O4/c1-12-9-14-10-15-22(26)5-7-23-20(25)19-21(22,6-8-24(15)11-13-3-4-13)16(14)18(28-19)17(12)27-2/h9,13,15,19,26H,3-8,10-11H2,1-2H3,(H,23,25)/t15-,19+,21+,22-/m1/s1. The van der Waals surface area contributed by atoms with Gasteiger partial charge in [-0.1, -0.05) is 6.07 Å². The van der Waals surface area contributed by atoms with Crippen LogP contribution in [0, 0.1) is 12.8 Å². The molecule has 1 aromatic rings. The van der Waals surface area contributed by atoms with Crippen LogP contribution in [0.3, 0.4) is 0 Å². The van der Waals surface area contributed by atoms with Crippen LogP contribution in [-0.4, -0.2) is 60.4 Å². The van der Waals surface area contributed by atoms with Crippen LogP contribution in [0.4, 0.5) is 0 Å². The molecule has 3 fully saturated rings. The summed E-state index contributed by atoms with van der Waals surface area (Å²) in [5.41, 5.74) is 1.65. The lowest BCUT2D eigenvalue weighted by Crippen LogP contribution is -2.74. The highest BCUT2D eigenvalue weighted by Crippen LogP contribution is 2.64. The maximum Gasteiger partial charge on any atom is 0.262 e. The number of rotatable bonds is 3. The molecule has 1 saturated carbocycles. The van der Waals surface area contributed by atoms with E-state index in [-0.39, 0.29) is 11.9 Å². The number of carbonyl (C=O) groups excluding carboxylic acids is 1. The Labute approximate surface area is 165 Å². The fourth-order valence-electron chi connectivity index (χ4n) is 6.69. The number of hydrogen-bond acceptors (Lipinski definition) is 5. The van der Waals surface area contributed by atoms with Crippen LogP contribution < -0.4 is 14.8 Å². The van der Waals surface area contributed by atoms with E-state index >= 15 is 0 Å². The van der Waals surface area contributed by atoms with Gasteiger partial charge in [0.05, 0.1) is 18.1 Å². The van der Waals surface area contributed by atoms with E-state index in [4.69, 9.17) is 9.47 Å². The van der Waals surface area contributed by atoms with Crippen molar-refractivity contribution in [3.8, 4) is 11.5 Å². The topological polar surface area (TPSA) is 71.0 Å². The zero-order valence-corrected chi connectivity index (χ0v) is 16.6. The van der Waals surface area contributed by atoms with Crippen LogP contribution in [0.2, 0.25) is 0 Å². The van der Waals surface area contributed by atoms with E-state index < -0.39 is 17.1 Å². The summed E-state index contributed by atoms with van der Waals surface area (Å²) >= 11 is 0. The first-order chi connectivity index (χ1) is 13.5. The number of amides is 1. The second-order valence-corrected chi connectivity index (χ2v) is 9.43. The van der Waals surface area contributed by atoms with Gasteiger partial charge in [-0.05, 0) is 62.6 Å². The first kappa shape index (κ1) is 17.1. The number of hydrogen-bond donors (Lipinski definition) is 2. The van der Waals surface area contributed by atoms with E-state index in [0.717, 1.165) is 43.0 Å². The summed E-state index contributed by atoms with van der Waals surface area (Å²) in [4.78, 5) is 15.5. The lowest BCUT2D eigenvalue weighted by molar-refractivity contribution is -0.168. The number of methoxy groups -OCH3 is 1. The summed E-state index contributed by atoms with van der Waals surface area (Å²) in [6, 6.07) is 2.23. The number of aryl methyl sites for hydroxylation is 1. The summed E-state index contributed by atoms with van der Waals surface area (Å²) in [6.07, 6.45) is 4.04. The van der Waals surface area contributed by atoms with Crippen molar-refractivity contribution >= 4 is 5.91 Å². The molecule has 0 aromatic heterocycles. The molecule has 3 heterocycles. The molecular formula is C22H28N2O4. The molecule has 6 heteroatoms. The predicted octanol–water partition coefficient (Wildman–Crippen LogP) is 1.29. The van der Waals surface area contributed by atoms with E-state index in [1.165, 1.54) is 18.4 Å². The lowest BCUT2D eigenvalue weighted by Gasteiger charge is -2.60. The largest absolute Gasteiger partial charge is 0.493 e. The van der Waals surface area contributed by atoms with Gasteiger partial charge in [-0.25, -0.2) is 0 Å². The normalized spacial score (nSPS) is 38.3. The lowest BCUT2D eigenvalue weighted by atomic mass is 9.52. The zero-order chi connectivity index (χ0) is 19.3. The number of likely N-dealkylation sites (tertiary alicyclic amines) is 1. The van der Waals surface area contributed by atoms with Crippen molar-refractivity contribution in [3.05, 3.63) is 22.8 Å². The smallest absolute Gasteiger partial charge is 0.262 e. The quantitative estimate of drug-likeness (QED) is 0.822. The Morgan fingerprint density at radius 1 is 1.39 bits per heavy atom. The monoisotopic (exact) mass is 384 g/mol. The van der Waals surface area contributed by atoms with Gasteiger partial charge in [0, 0.05) is 24.7 Å². The van der Waals surface area contributed by atoms with Gasteiger partial charge in [-0.2, -0.15) is 0 Å². The Bertz CT molecular complexity index is 882. The molecule has 28 heavy (non-hydrogen) atoms. The van der Waals surface area contributed by atoms with E-state index in [0.29, 0.717) is 24.5 Å². The van der Waals surface area contributed by atoms with E-state index in [9.17, 15) is 9.90 Å². The minimum Gasteiger partial charge on any atom is -0.493 e. The van der Waals surface area contributed by atoms with Crippen molar-refractivity contribution < 1.29 is 19.4 Å². The molecule has 150 valence electrons. The first-order valence-corrected chi connectivity index (χ1v) is 10.6. The van der Waals surface area contributed by atoms with Gasteiger partial charge in [-0.15, -0.1) is 0 Å². The third kappa shape index (κ3) is 1.88. The van der Waals surface area contributed by atoms with Gasteiger partial charge in [0.15, 0.2) is 17.6 Å². The molecule has 4 atom stereocenters. The molecule has 5 aliphatic rings. The molecule has 2 bridgehead atoms. The van der Waals surface area contributed by atoms with E-state index in [2.05, 4.69) is 16.3 Å². The Morgan fingerprint density at radius 3 is 2.96 bits per heavy atom. The highest BCUT2D eigenvalue weighted by molar-refractivity contribution is 5.87. The second kappa shape index (κ2) is 5.42. The van der Waals surface area contributed by atoms with Crippen molar-refractivity contribution in [1.29, 1.82) is 0 Å². The summed E-state index contributed by atoms with van der Waals surface area (Å²) in [5, 5.41) is 15.3. The minimum absolute atomic E-state index is 0.0342. The average molecular weight is 384 g/mol. The van der Waals surface area contributed by atoms with Crippen molar-refractivity contribution in [1.82, 2.24) is 10.2 Å². The Hall–Kier alpha value is -1.79. The molecule has 6 rings (SSSR count). The molecule has 2 aliphatic carbocycles. The average Bonchev–Trinajstić information content (AvgIpc) is 3.41. The van der Waals surface area contributed by atoms with Crippen molar-refractivity contribution in [3.63, 3.8) is 0 Å². The van der Waals surface area contributed by atoms with Gasteiger partial charge in [-0.3, -0.25) is 9.69 Å². The molecule has 2 saturated heterocycles. The van der Waals surface area contributed by atoms with Crippen LogP contribution in [0.25, 0.3) is 0 Å². The number of nitrogens with one attached hydrogen (secondary N) is 1. The Morgan fingerprint density at radius 2 is 2.21 bits per heavy atom. The van der Waals surface area contributed by atoms with Gasteiger partial charge < -0.3 is 19.9 Å². The maximum absolute atomic E-state index is 13.0. The molecule has 6 nitrogen and oxygen atoms in total. The highest BCUT2D eigenvalue weighted by atomic mass is 16.5. The van der Waals surface area contributed by atoms with E-state index in [1.807, 2.05) is 6.92 Å². The Kier molecular flexibility index (Phi) is 3.31. The summed E-state index contributed by atoms with van der Waals surface area (Å²) in [5.74, 6) is 2.06. The number of ether oxygens (including phenoxy) is 2. The number of benzene rings is 1. The molecule has 3 aliphatic heterocycles. The van der Waals surface area contributed by atoms with Crippen LogP contribution in [-0.2, 0) is 16.6 Å². The molecular weight excluding hydrogens is 356 g/mol. The van der Waals surface area contributed by atoms with Crippen LogP contribution in [0.15, 0.2) is 6.07 Å². The van der Waals surface area contributed by atoms with Crippen LogP contribution in [0.5, 0.6) is 11.5 Å². The number of aliphatic hydroxyl groups is 1. The number of carbonyl (C=O) groups is 1. The summed E-state index contributed by atoms with van der Waals surface area (Å²) in [7, 11) is 1.65. The third-order valence-corrected chi connectivity index (χ3v) is 8.04. The number of piperidine rings is 1. The first-order valence-electron chi connectivity index (χ1n) is 10.6. The van der Waals surface area contributed by atoms with Gasteiger partial charge in [0.25, 0.3) is 5.91 Å². The van der Waals surface area contributed by atoms with Gasteiger partial charge in [0.2, 0.25) is 0 Å². The minimum atomic E-state index is -0.970. The maximum atomic E-state index is 13.0. The molecule has 2 N–H and O–H groups in total.